The van der Waals surface area contributed by atoms with Crippen LogP contribution >= 0.6 is 22.9 Å². The van der Waals surface area contributed by atoms with Crippen LogP contribution < -0.4 is 5.32 Å². The molecule has 0 aliphatic heterocycles. The van der Waals surface area contributed by atoms with Crippen LogP contribution in [-0.2, 0) is 0 Å². The lowest BCUT2D eigenvalue weighted by molar-refractivity contribution is 0.0991. The van der Waals surface area contributed by atoms with E-state index in [1.54, 1.807) is 24.4 Å². The highest BCUT2D eigenvalue weighted by Crippen LogP contribution is 2.31. The summed E-state index contributed by atoms with van der Waals surface area (Å²) >= 11 is 7.26. The minimum absolute atomic E-state index is 0.150. The molecule has 7 heteroatoms. The van der Waals surface area contributed by atoms with Gasteiger partial charge in [0.1, 0.15) is 5.69 Å². The molecule has 3 aromatic rings. The maximum atomic E-state index is 12.3. The quantitative estimate of drug-likeness (QED) is 0.724. The molecule has 0 atom stereocenters. The number of carbonyl (C=O) groups excluding carboxylic acids is 2. The van der Waals surface area contributed by atoms with Gasteiger partial charge in [0.2, 0.25) is 0 Å². The van der Waals surface area contributed by atoms with E-state index >= 15 is 0 Å². The summed E-state index contributed by atoms with van der Waals surface area (Å²) in [5.74, 6) is -0.389. The van der Waals surface area contributed by atoms with E-state index in [0.717, 1.165) is 5.39 Å². The van der Waals surface area contributed by atoms with E-state index in [-0.39, 0.29) is 11.5 Å². The Morgan fingerprint density at radius 3 is 2.77 bits per heavy atom. The summed E-state index contributed by atoms with van der Waals surface area (Å²) in [7, 11) is 0. The Bertz CT molecular complexity index is 897. The lowest BCUT2D eigenvalue weighted by Gasteiger charge is -1.99. The minimum atomic E-state index is -0.422. The van der Waals surface area contributed by atoms with Crippen LogP contribution in [0.2, 0.25) is 5.02 Å². The fraction of sp³-hybridized carbons (Fsp3) is 0.133. The van der Waals surface area contributed by atoms with Crippen molar-refractivity contribution in [2.24, 2.45) is 0 Å². The van der Waals surface area contributed by atoms with Crippen molar-refractivity contribution in [1.29, 1.82) is 0 Å². The number of hydrogen-bond acceptors (Lipinski definition) is 5. The average molecular weight is 335 g/mol. The molecular formula is C15H11ClN2O3S. The molecule has 3 rings (SSSR count). The van der Waals surface area contributed by atoms with Gasteiger partial charge in [-0.05, 0) is 13.0 Å². The topological polar surface area (TPSA) is 72.2 Å². The van der Waals surface area contributed by atoms with Crippen LogP contribution in [0.4, 0.5) is 5.13 Å². The molecule has 2 heterocycles. The summed E-state index contributed by atoms with van der Waals surface area (Å²) in [4.78, 5) is 27.6. The molecule has 0 spiro atoms. The Hall–Kier alpha value is -2.18. The smallest absolute Gasteiger partial charge is 0.293 e. The molecule has 0 saturated carbocycles. The molecule has 22 heavy (non-hydrogen) atoms. The van der Waals surface area contributed by atoms with Gasteiger partial charge in [-0.1, -0.05) is 23.7 Å². The number of rotatable bonds is 3. The molecule has 1 N–H and O–H groups in total. The zero-order chi connectivity index (χ0) is 15.9. The van der Waals surface area contributed by atoms with E-state index in [9.17, 15) is 9.59 Å². The molecule has 0 unspecified atom stereocenters. The van der Waals surface area contributed by atoms with Crippen LogP contribution in [0.3, 0.4) is 0 Å². The third-order valence-corrected chi connectivity index (χ3v) is 4.26. The number of carbonyl (C=O) groups is 2. The summed E-state index contributed by atoms with van der Waals surface area (Å²) in [6.07, 6.45) is 0. The molecule has 0 radical (unpaired) electrons. The number of ketones is 1. The number of anilines is 1. The van der Waals surface area contributed by atoms with Gasteiger partial charge < -0.3 is 4.42 Å². The van der Waals surface area contributed by atoms with Crippen LogP contribution in [-0.4, -0.2) is 16.7 Å². The summed E-state index contributed by atoms with van der Waals surface area (Å²) in [5, 5.41) is 5.82. The van der Waals surface area contributed by atoms with Crippen molar-refractivity contribution < 1.29 is 14.0 Å². The molecule has 1 aromatic carbocycles. The first kappa shape index (κ1) is 14.7. The summed E-state index contributed by atoms with van der Waals surface area (Å²) < 4.78 is 5.58. The Labute approximate surface area is 134 Å². The van der Waals surface area contributed by atoms with Crippen molar-refractivity contribution in [2.45, 2.75) is 13.8 Å². The Kier molecular flexibility index (Phi) is 3.72. The molecule has 0 fully saturated rings. The highest BCUT2D eigenvalue weighted by atomic mass is 35.5. The molecule has 0 saturated heterocycles. The Balaban J connectivity index is 1.93. The molecule has 0 bridgehead atoms. The molecule has 112 valence electrons. The lowest BCUT2D eigenvalue weighted by atomic mass is 10.1. The number of amides is 1. The average Bonchev–Trinajstić information content (AvgIpc) is 3.05. The number of fused-ring (bicyclic) bond motifs is 1. The first-order valence-electron chi connectivity index (χ1n) is 6.43. The Morgan fingerprint density at radius 1 is 1.36 bits per heavy atom. The second-order valence-electron chi connectivity index (χ2n) is 4.72. The van der Waals surface area contributed by atoms with Gasteiger partial charge in [-0.25, -0.2) is 4.98 Å². The van der Waals surface area contributed by atoms with Gasteiger partial charge in [0, 0.05) is 23.3 Å². The third-order valence-electron chi connectivity index (χ3n) is 3.21. The highest BCUT2D eigenvalue weighted by Gasteiger charge is 2.20. The number of hydrogen-bond donors (Lipinski definition) is 1. The van der Waals surface area contributed by atoms with E-state index in [1.165, 1.54) is 18.3 Å². The number of nitrogens with zero attached hydrogens (tertiary/aromatic N) is 1. The fourth-order valence-electron chi connectivity index (χ4n) is 2.07. The van der Waals surface area contributed by atoms with Gasteiger partial charge >= 0.3 is 0 Å². The number of Topliss-reactive ketones (excluding diaryl/α,β-unsaturated/α-hetero) is 1. The van der Waals surface area contributed by atoms with E-state index < -0.39 is 5.91 Å². The van der Waals surface area contributed by atoms with Crippen molar-refractivity contribution >= 4 is 50.7 Å². The van der Waals surface area contributed by atoms with Crippen molar-refractivity contribution in [3.05, 3.63) is 45.6 Å². The van der Waals surface area contributed by atoms with Crippen molar-refractivity contribution in [1.82, 2.24) is 4.98 Å². The van der Waals surface area contributed by atoms with Gasteiger partial charge in [0.25, 0.3) is 5.91 Å². The number of nitrogens with one attached hydrogen (secondary N) is 1. The van der Waals surface area contributed by atoms with E-state index in [4.69, 9.17) is 16.0 Å². The van der Waals surface area contributed by atoms with Gasteiger partial charge in [0.05, 0.1) is 5.02 Å². The van der Waals surface area contributed by atoms with Gasteiger partial charge in [-0.3, -0.25) is 14.9 Å². The number of para-hydroxylation sites is 1. The minimum Gasteiger partial charge on any atom is -0.449 e. The van der Waals surface area contributed by atoms with Gasteiger partial charge in [-0.2, -0.15) is 0 Å². The number of halogens is 1. The van der Waals surface area contributed by atoms with E-state index in [0.29, 0.717) is 27.0 Å². The van der Waals surface area contributed by atoms with Crippen molar-refractivity contribution in [3.63, 3.8) is 0 Å². The van der Waals surface area contributed by atoms with Gasteiger partial charge in [0.15, 0.2) is 22.3 Å². The maximum Gasteiger partial charge on any atom is 0.293 e. The molecule has 0 aliphatic carbocycles. The predicted molar refractivity (Wildman–Crippen MR) is 86.0 cm³/mol. The second kappa shape index (κ2) is 5.55. The maximum absolute atomic E-state index is 12.3. The highest BCUT2D eigenvalue weighted by molar-refractivity contribution is 7.14. The zero-order valence-corrected chi connectivity index (χ0v) is 13.3. The molecule has 1 amide bonds. The van der Waals surface area contributed by atoms with E-state index in [1.807, 2.05) is 6.07 Å². The first-order valence-corrected chi connectivity index (χ1v) is 7.68. The third kappa shape index (κ3) is 2.51. The molecule has 0 aliphatic rings. The number of benzene rings is 1. The standard InChI is InChI=1S/C15H11ClN2O3S/c1-7-9-4-3-5-10(16)13(9)21-12(7)14(20)18-15-17-11(6-22-15)8(2)19/h3-6H,1-2H3,(H,17,18,20). The van der Waals surface area contributed by atoms with Crippen molar-refractivity contribution in [3.8, 4) is 0 Å². The Morgan fingerprint density at radius 2 is 2.14 bits per heavy atom. The first-order chi connectivity index (χ1) is 10.5. The van der Waals surface area contributed by atoms with E-state index in [2.05, 4.69) is 10.3 Å². The number of aryl methyl sites for hydroxylation is 1. The monoisotopic (exact) mass is 334 g/mol. The lowest BCUT2D eigenvalue weighted by Crippen LogP contribution is -2.12. The molecular weight excluding hydrogens is 324 g/mol. The summed E-state index contributed by atoms with van der Waals surface area (Å²) in [6.45, 7) is 3.21. The zero-order valence-electron chi connectivity index (χ0n) is 11.8. The van der Waals surface area contributed by atoms with Crippen LogP contribution in [0.15, 0.2) is 28.0 Å². The summed E-state index contributed by atoms with van der Waals surface area (Å²) in [6, 6.07) is 5.34. The fourth-order valence-corrected chi connectivity index (χ4v) is 3.03. The number of thiazole rings is 1. The van der Waals surface area contributed by atoms with Crippen molar-refractivity contribution in [2.75, 3.05) is 5.32 Å². The summed E-state index contributed by atoms with van der Waals surface area (Å²) in [5.41, 5.74) is 1.51. The van der Waals surface area contributed by atoms with Gasteiger partial charge in [-0.15, -0.1) is 11.3 Å². The van der Waals surface area contributed by atoms with Crippen LogP contribution in [0.5, 0.6) is 0 Å². The molecule has 2 aromatic heterocycles. The van der Waals surface area contributed by atoms with Crippen LogP contribution in [0, 0.1) is 6.92 Å². The van der Waals surface area contributed by atoms with Crippen LogP contribution in [0.1, 0.15) is 33.5 Å². The largest absolute Gasteiger partial charge is 0.449 e. The predicted octanol–water partition coefficient (Wildman–Crippen LogP) is 4.31. The molecule has 5 nitrogen and oxygen atoms in total. The normalized spacial score (nSPS) is 10.9. The number of furan rings is 1. The number of aromatic nitrogens is 1. The van der Waals surface area contributed by atoms with Crippen LogP contribution in [0.25, 0.3) is 11.0 Å². The second-order valence-corrected chi connectivity index (χ2v) is 5.99. The SMILES string of the molecule is CC(=O)c1csc(NC(=O)c2oc3c(Cl)cccc3c2C)n1.